The summed E-state index contributed by atoms with van der Waals surface area (Å²) in [7, 11) is 2.72. The number of allylic oxidation sites excluding steroid dienone is 2. The maximum Gasteiger partial charge on any atom is 0.306 e. The highest BCUT2D eigenvalue weighted by Crippen LogP contribution is 2.39. The Balaban J connectivity index is 1.04. The van der Waals surface area contributed by atoms with Crippen LogP contribution in [0.1, 0.15) is 114 Å². The molecule has 2 amide bonds. The SMILES string of the molecule is COC(=O)C[C@H](C(=O)N1CCC[C@H]1c1nc(-c2ccc(-c3ccc(-c4nc([C@@H]5CCCN5C(=O)[C@@H](CC(=O)OC)C(C)C)[nH]c4CC4=CCCO4)cc3)cc2)c(CC2=CCCO2)[nH]1)C(C)C. The van der Waals surface area contributed by atoms with Crippen molar-refractivity contribution >= 4 is 23.8 Å². The highest BCUT2D eigenvalue weighted by Gasteiger charge is 2.40. The zero-order valence-corrected chi connectivity index (χ0v) is 39.2. The molecule has 0 spiro atoms. The van der Waals surface area contributed by atoms with E-state index < -0.39 is 11.8 Å². The van der Waals surface area contributed by atoms with E-state index in [1.54, 1.807) is 0 Å². The summed E-state index contributed by atoms with van der Waals surface area (Å²) in [5.41, 5.74) is 7.51. The van der Waals surface area contributed by atoms with Crippen LogP contribution in [0.15, 0.2) is 72.2 Å². The van der Waals surface area contributed by atoms with Crippen molar-refractivity contribution in [2.45, 2.75) is 104 Å². The number of esters is 2. The molecule has 6 heterocycles. The number of aromatic amines is 2. The van der Waals surface area contributed by atoms with Crippen molar-refractivity contribution in [3.8, 4) is 33.6 Å². The molecular weight excluding hydrogens is 837 g/mol. The molecule has 4 aliphatic heterocycles. The van der Waals surface area contributed by atoms with Crippen LogP contribution >= 0.6 is 0 Å². The molecule has 14 heteroatoms. The fourth-order valence-electron chi connectivity index (χ4n) is 9.88. The summed E-state index contributed by atoms with van der Waals surface area (Å²) < 4.78 is 21.8. The van der Waals surface area contributed by atoms with Crippen LogP contribution in [0.3, 0.4) is 0 Å². The molecule has 14 nitrogen and oxygen atoms in total. The van der Waals surface area contributed by atoms with E-state index in [1.807, 2.05) is 37.5 Å². The second kappa shape index (κ2) is 20.6. The van der Waals surface area contributed by atoms with Crippen LogP contribution in [-0.2, 0) is 51.0 Å². The predicted octanol–water partition coefficient (Wildman–Crippen LogP) is 8.82. The number of nitrogens with one attached hydrogen (secondary N) is 2. The van der Waals surface area contributed by atoms with E-state index >= 15 is 0 Å². The van der Waals surface area contributed by atoms with Gasteiger partial charge in [-0.05, 0) is 60.8 Å². The van der Waals surface area contributed by atoms with Gasteiger partial charge in [-0.3, -0.25) is 19.2 Å². The summed E-state index contributed by atoms with van der Waals surface area (Å²) in [5, 5.41) is 0. The van der Waals surface area contributed by atoms with E-state index in [0.717, 1.165) is 107 Å². The number of hydrogen-bond donors (Lipinski definition) is 2. The van der Waals surface area contributed by atoms with E-state index in [9.17, 15) is 19.2 Å². The Labute approximate surface area is 387 Å². The molecule has 4 aromatic rings. The van der Waals surface area contributed by atoms with Crippen molar-refractivity contribution in [2.24, 2.45) is 23.7 Å². The van der Waals surface area contributed by atoms with Gasteiger partial charge in [-0.2, -0.15) is 0 Å². The molecule has 4 atom stereocenters. The van der Waals surface area contributed by atoms with Gasteiger partial charge in [-0.1, -0.05) is 76.2 Å². The van der Waals surface area contributed by atoms with Crippen LogP contribution in [0.5, 0.6) is 0 Å². The fourth-order valence-corrected chi connectivity index (χ4v) is 9.88. The molecule has 4 aliphatic rings. The van der Waals surface area contributed by atoms with Gasteiger partial charge in [-0.25, -0.2) is 9.97 Å². The first-order valence-corrected chi connectivity index (χ1v) is 23.7. The minimum atomic E-state index is -0.474. The third-order valence-corrected chi connectivity index (χ3v) is 13.7. The maximum absolute atomic E-state index is 14.0. The zero-order chi connectivity index (χ0) is 46.5. The van der Waals surface area contributed by atoms with Crippen LogP contribution in [0.2, 0.25) is 0 Å². The fraction of sp³-hybridized carbons (Fsp3) is 0.500. The Kier molecular flexibility index (Phi) is 14.4. The highest BCUT2D eigenvalue weighted by molar-refractivity contribution is 5.85. The van der Waals surface area contributed by atoms with Crippen molar-refractivity contribution in [1.82, 2.24) is 29.7 Å². The summed E-state index contributed by atoms with van der Waals surface area (Å²) in [6.07, 6.45) is 10.5. The van der Waals surface area contributed by atoms with Gasteiger partial charge in [-0.15, -0.1) is 0 Å². The van der Waals surface area contributed by atoms with Crippen molar-refractivity contribution in [1.29, 1.82) is 0 Å². The van der Waals surface area contributed by atoms with Crippen molar-refractivity contribution in [3.05, 3.63) is 95.2 Å². The third-order valence-electron chi connectivity index (χ3n) is 13.7. The second-order valence-corrected chi connectivity index (χ2v) is 18.7. The molecule has 2 saturated heterocycles. The molecule has 2 aromatic carbocycles. The molecule has 8 rings (SSSR count). The zero-order valence-electron chi connectivity index (χ0n) is 39.2. The normalized spacial score (nSPS) is 19.2. The number of hydrogen-bond acceptors (Lipinski definition) is 10. The van der Waals surface area contributed by atoms with Crippen molar-refractivity contribution < 1.29 is 38.1 Å². The Hall–Kier alpha value is -6.18. The van der Waals surface area contributed by atoms with Gasteiger partial charge < -0.3 is 38.7 Å². The molecule has 2 N–H and O–H groups in total. The molecule has 0 aliphatic carbocycles. The number of benzene rings is 2. The average molecular weight is 901 g/mol. The number of H-pyrrole nitrogens is 2. The minimum Gasteiger partial charge on any atom is -0.498 e. The smallest absolute Gasteiger partial charge is 0.306 e. The standard InChI is InChI=1S/C52H64N6O8/c1-31(2)39(29-45(59)63-5)51(61)57-23-7-13-43(57)49-53-41(27-37-11-9-25-65-37)47(55-49)35-19-15-33(16-20-35)34-17-21-36(22-18-34)48-42(28-38-12-10-26-66-38)54-50(56-48)44-14-8-24-58(44)52(62)40(32(3)4)30-46(60)64-6/h11-12,15-22,31-32,39-40,43-44H,7-10,13-14,23-30H2,1-6H3,(H,53,55)(H,54,56)/t39-,40-,43-,44-/m0/s1. The molecule has 0 unspecified atom stereocenters. The quantitative estimate of drug-likeness (QED) is 0.0977. The van der Waals surface area contributed by atoms with Gasteiger partial charge in [0.15, 0.2) is 0 Å². The maximum atomic E-state index is 14.0. The monoisotopic (exact) mass is 900 g/mol. The van der Waals surface area contributed by atoms with E-state index in [0.29, 0.717) is 39.1 Å². The van der Waals surface area contributed by atoms with Crippen molar-refractivity contribution in [3.63, 3.8) is 0 Å². The van der Waals surface area contributed by atoms with Crippen LogP contribution in [0.25, 0.3) is 33.6 Å². The van der Waals surface area contributed by atoms with Gasteiger partial charge in [0, 0.05) is 49.9 Å². The number of rotatable bonds is 17. The third kappa shape index (κ3) is 10.1. The molecule has 350 valence electrons. The van der Waals surface area contributed by atoms with Gasteiger partial charge in [0.2, 0.25) is 11.8 Å². The molecule has 0 bridgehead atoms. The summed E-state index contributed by atoms with van der Waals surface area (Å²) in [6.45, 7) is 10.4. The topological polar surface area (TPSA) is 169 Å². The van der Waals surface area contributed by atoms with Crippen LogP contribution in [-0.4, -0.2) is 94.0 Å². The summed E-state index contributed by atoms with van der Waals surface area (Å²) in [5.74, 6) is 1.45. The number of amides is 2. The van der Waals surface area contributed by atoms with E-state index in [1.165, 1.54) is 14.2 Å². The first-order valence-electron chi connectivity index (χ1n) is 23.7. The predicted molar refractivity (Wildman–Crippen MR) is 249 cm³/mol. The first kappa shape index (κ1) is 46.4. The lowest BCUT2D eigenvalue weighted by atomic mass is 9.90. The van der Waals surface area contributed by atoms with Crippen LogP contribution in [0, 0.1) is 23.7 Å². The number of likely N-dealkylation sites (tertiary alicyclic amines) is 2. The van der Waals surface area contributed by atoms with E-state index in [4.69, 9.17) is 28.9 Å². The average Bonchev–Trinajstić information content (AvgIpc) is 4.19. The van der Waals surface area contributed by atoms with Gasteiger partial charge in [0.05, 0.1) is 98.5 Å². The Morgan fingerprint density at radius 2 is 1.00 bits per heavy atom. The summed E-state index contributed by atoms with van der Waals surface area (Å²) >= 11 is 0. The molecule has 0 radical (unpaired) electrons. The Morgan fingerprint density at radius 3 is 1.33 bits per heavy atom. The number of imidazole rings is 2. The van der Waals surface area contributed by atoms with Gasteiger partial charge >= 0.3 is 11.9 Å². The molecule has 66 heavy (non-hydrogen) atoms. The molecule has 0 saturated carbocycles. The van der Waals surface area contributed by atoms with Gasteiger partial charge in [0.25, 0.3) is 0 Å². The number of nitrogens with zero attached hydrogens (tertiary/aromatic N) is 4. The Morgan fingerprint density at radius 1 is 0.621 bits per heavy atom. The van der Waals surface area contributed by atoms with Gasteiger partial charge in [0.1, 0.15) is 11.6 Å². The lowest BCUT2D eigenvalue weighted by molar-refractivity contribution is -0.148. The van der Waals surface area contributed by atoms with Crippen LogP contribution < -0.4 is 0 Å². The second-order valence-electron chi connectivity index (χ2n) is 18.7. The lowest BCUT2D eigenvalue weighted by Crippen LogP contribution is -2.39. The number of aromatic nitrogens is 4. The summed E-state index contributed by atoms with van der Waals surface area (Å²) in [4.78, 5) is 74.0. The largest absolute Gasteiger partial charge is 0.498 e. The number of carbonyl (C=O) groups is 4. The Bertz CT molecular complexity index is 2280. The molecular formula is C52H64N6O8. The highest BCUT2D eigenvalue weighted by atomic mass is 16.5. The molecule has 2 fully saturated rings. The number of methoxy groups -OCH3 is 2. The first-order chi connectivity index (χ1) is 31.9. The summed E-state index contributed by atoms with van der Waals surface area (Å²) in [6, 6.07) is 16.3. The van der Waals surface area contributed by atoms with E-state index in [-0.39, 0.29) is 60.5 Å². The molecule has 2 aromatic heterocycles. The lowest BCUT2D eigenvalue weighted by Gasteiger charge is -2.29. The van der Waals surface area contributed by atoms with E-state index in [2.05, 4.69) is 70.7 Å². The van der Waals surface area contributed by atoms with Crippen molar-refractivity contribution in [2.75, 3.05) is 40.5 Å². The number of carbonyl (C=O) groups excluding carboxylic acids is 4. The minimum absolute atomic E-state index is 0.0247. The van der Waals surface area contributed by atoms with Crippen LogP contribution in [0.4, 0.5) is 0 Å². The number of ether oxygens (including phenoxy) is 4.